The number of benzene rings is 4. The molecule has 4 aliphatic rings. The van der Waals surface area contributed by atoms with E-state index in [1.807, 2.05) is 60.8 Å². The molecule has 318 valence electrons. The predicted molar refractivity (Wildman–Crippen MR) is 225 cm³/mol. The van der Waals surface area contributed by atoms with Crippen LogP contribution in [0.5, 0.6) is 17.2 Å². The lowest BCUT2D eigenvalue weighted by atomic mass is 9.88. The second-order valence-corrected chi connectivity index (χ2v) is 15.2. The molecule has 3 saturated heterocycles. The Morgan fingerprint density at radius 1 is 0.803 bits per heavy atom. The highest BCUT2D eigenvalue weighted by Gasteiger charge is 2.47. The lowest BCUT2D eigenvalue weighted by Crippen LogP contribution is -2.54. The standard InChI is InChI=1S/C47H49F2N5O7/c1-2-36(30-3-9-33(55)10-4-30)41(31-5-11-34(56)12-6-31)32-7-13-35(14-8-32)61-26-25-51-19-17-29(18-20-51)28-52-21-23-53(24-22-52)44-38(48)27-37-42(43(44)49)47(60)54(46(37)59)39-15-16-40(57)50-45(39)58/h3-14,27,29,39,55-56H,2,15-26,28H2,1H3,(H,50,57,58)/i21D2,22D2,23D2,24D2. The summed E-state index contributed by atoms with van der Waals surface area (Å²) >= 11 is 0. The maximum absolute atomic E-state index is 16.6. The Kier molecular flexibility index (Phi) is 9.55. The van der Waals surface area contributed by atoms with Gasteiger partial charge in [-0.2, -0.15) is 0 Å². The van der Waals surface area contributed by atoms with E-state index in [4.69, 9.17) is 15.7 Å². The molecule has 8 rings (SSSR count). The van der Waals surface area contributed by atoms with E-state index in [9.17, 15) is 29.4 Å². The first-order valence-corrected chi connectivity index (χ1v) is 20.1. The summed E-state index contributed by atoms with van der Waals surface area (Å²) in [7, 11) is 0. The first-order chi connectivity index (χ1) is 32.5. The van der Waals surface area contributed by atoms with Crippen molar-refractivity contribution in [3.63, 3.8) is 0 Å². The van der Waals surface area contributed by atoms with Crippen LogP contribution in [0.4, 0.5) is 14.5 Å². The van der Waals surface area contributed by atoms with Gasteiger partial charge in [0.15, 0.2) is 5.82 Å². The van der Waals surface area contributed by atoms with Crippen molar-refractivity contribution in [3.05, 3.63) is 118 Å². The number of likely N-dealkylation sites (tertiary alicyclic amines) is 1. The number of rotatable bonds is 12. The fourth-order valence-electron chi connectivity index (χ4n) is 8.22. The molecule has 0 bridgehead atoms. The number of nitrogens with zero attached hydrogens (tertiary/aromatic N) is 4. The van der Waals surface area contributed by atoms with Crippen molar-refractivity contribution in [2.24, 2.45) is 5.92 Å². The van der Waals surface area contributed by atoms with Crippen LogP contribution in [0.1, 0.15) is 87.4 Å². The van der Waals surface area contributed by atoms with Crippen LogP contribution in [0.3, 0.4) is 0 Å². The van der Waals surface area contributed by atoms with Crippen LogP contribution in [-0.2, 0) is 9.59 Å². The number of piperidine rings is 2. The number of nitrogens with one attached hydrogen (secondary N) is 1. The van der Waals surface area contributed by atoms with E-state index in [0.717, 1.165) is 27.8 Å². The predicted octanol–water partition coefficient (Wildman–Crippen LogP) is 6.06. The number of allylic oxidation sites excluding steroid dienone is 1. The van der Waals surface area contributed by atoms with Crippen LogP contribution < -0.4 is 15.0 Å². The molecule has 4 aliphatic heterocycles. The first-order valence-electron chi connectivity index (χ1n) is 24.1. The highest BCUT2D eigenvalue weighted by atomic mass is 19.1. The van der Waals surface area contributed by atoms with E-state index in [1.165, 1.54) is 0 Å². The Morgan fingerprint density at radius 3 is 2.02 bits per heavy atom. The Bertz CT molecular complexity index is 2690. The molecule has 12 nitrogen and oxygen atoms in total. The third kappa shape index (κ3) is 8.73. The van der Waals surface area contributed by atoms with Gasteiger partial charge in [0.2, 0.25) is 11.8 Å². The maximum Gasteiger partial charge on any atom is 0.265 e. The number of phenols is 2. The number of anilines is 1. The maximum atomic E-state index is 16.6. The van der Waals surface area contributed by atoms with E-state index >= 15 is 8.78 Å². The minimum Gasteiger partial charge on any atom is -0.508 e. The van der Waals surface area contributed by atoms with Gasteiger partial charge in [-0.25, -0.2) is 8.78 Å². The number of aromatic hydroxyl groups is 2. The number of piperazine rings is 1. The number of carbonyl (C=O) groups is 4. The number of ether oxygens (including phenoxy) is 1. The highest BCUT2D eigenvalue weighted by molar-refractivity contribution is 6.24. The number of hydrogen-bond donors (Lipinski definition) is 3. The summed E-state index contributed by atoms with van der Waals surface area (Å²) in [6, 6.07) is 20.3. The number of hydrogen-bond acceptors (Lipinski definition) is 10. The fourth-order valence-corrected chi connectivity index (χ4v) is 8.22. The summed E-state index contributed by atoms with van der Waals surface area (Å²) < 4.78 is 110. The summed E-state index contributed by atoms with van der Waals surface area (Å²) in [4.78, 5) is 53.6. The molecule has 3 fully saturated rings. The van der Waals surface area contributed by atoms with Gasteiger partial charge < -0.3 is 19.8 Å². The number of amides is 4. The molecular weight excluding hydrogens is 785 g/mol. The lowest BCUT2D eigenvalue weighted by molar-refractivity contribution is -0.136. The van der Waals surface area contributed by atoms with E-state index in [2.05, 4.69) is 4.90 Å². The Balaban J connectivity index is 0.929. The molecule has 0 saturated carbocycles. The SMILES string of the molecule is [2H]C1([2H])N(CC2CCN(CCOc3ccc(C(=C(CC)c4ccc(O)cc4)c4ccc(O)cc4)cc3)CC2)C([2H])([2H])C([2H])([2H])N(c2c(F)cc3c(c2F)C(=O)N(C2CCC(=O)NC2=O)C3=O)C1([2H])[2H]. The van der Waals surface area contributed by atoms with Crippen LogP contribution in [0.25, 0.3) is 11.1 Å². The molecule has 1 atom stereocenters. The Labute approximate surface area is 364 Å². The molecule has 4 aromatic rings. The number of fused-ring (bicyclic) bond motifs is 1. The monoisotopic (exact) mass is 841 g/mol. The number of phenolic OH excluding ortho intramolecular Hbond substituents is 2. The van der Waals surface area contributed by atoms with Gasteiger partial charge >= 0.3 is 0 Å². The van der Waals surface area contributed by atoms with Gasteiger partial charge in [-0.05, 0) is 115 Å². The number of halogens is 2. The molecule has 4 amide bonds. The van der Waals surface area contributed by atoms with Gasteiger partial charge in [0, 0.05) is 51.0 Å². The van der Waals surface area contributed by atoms with Gasteiger partial charge in [0.25, 0.3) is 11.8 Å². The van der Waals surface area contributed by atoms with Crippen molar-refractivity contribution < 1.29 is 53.9 Å². The molecular formula is C47H49F2N5O7. The van der Waals surface area contributed by atoms with Crippen LogP contribution >= 0.6 is 0 Å². The summed E-state index contributed by atoms with van der Waals surface area (Å²) in [5.41, 5.74) is 1.09. The third-order valence-electron chi connectivity index (χ3n) is 11.4. The fraction of sp³-hybridized carbons (Fsp3) is 0.362. The molecule has 0 aromatic heterocycles. The van der Waals surface area contributed by atoms with Crippen LogP contribution in [0, 0.1) is 17.6 Å². The summed E-state index contributed by atoms with van der Waals surface area (Å²) in [5.74, 6) is -7.78. The minimum atomic E-state index is -3.71. The zero-order valence-electron chi connectivity index (χ0n) is 41.2. The van der Waals surface area contributed by atoms with Crippen LogP contribution in [0.15, 0.2) is 78.9 Å². The summed E-state index contributed by atoms with van der Waals surface area (Å²) in [5, 5.41) is 21.8. The van der Waals surface area contributed by atoms with Gasteiger partial charge in [-0.15, -0.1) is 0 Å². The average molecular weight is 842 g/mol. The molecule has 61 heavy (non-hydrogen) atoms. The van der Waals surface area contributed by atoms with Crippen molar-refractivity contribution >= 4 is 40.5 Å². The van der Waals surface area contributed by atoms with Crippen molar-refractivity contribution in [2.45, 2.75) is 45.1 Å². The largest absolute Gasteiger partial charge is 0.508 e. The average Bonchev–Trinajstić information content (AvgIpc) is 3.54. The summed E-state index contributed by atoms with van der Waals surface area (Å²) in [6.45, 7) is -11.0. The van der Waals surface area contributed by atoms with E-state index in [-0.39, 0.29) is 29.2 Å². The molecule has 4 heterocycles. The molecule has 4 aromatic carbocycles. The van der Waals surface area contributed by atoms with Crippen molar-refractivity contribution in [2.75, 3.05) is 63.7 Å². The minimum absolute atomic E-state index is 0.138. The quantitative estimate of drug-likeness (QED) is 0.114. The van der Waals surface area contributed by atoms with Gasteiger partial charge in [0.05, 0.1) is 16.6 Å². The Morgan fingerprint density at radius 2 is 1.41 bits per heavy atom. The molecule has 0 spiro atoms. The second-order valence-electron chi connectivity index (χ2n) is 15.2. The van der Waals surface area contributed by atoms with Gasteiger partial charge in [-0.1, -0.05) is 43.3 Å². The zero-order valence-corrected chi connectivity index (χ0v) is 33.2. The van der Waals surface area contributed by atoms with E-state index < -0.39 is 96.6 Å². The van der Waals surface area contributed by atoms with E-state index in [1.54, 1.807) is 24.3 Å². The third-order valence-corrected chi connectivity index (χ3v) is 11.4. The normalized spacial score (nSPS) is 24.8. The van der Waals surface area contributed by atoms with Crippen molar-refractivity contribution in [1.29, 1.82) is 0 Å². The van der Waals surface area contributed by atoms with Gasteiger partial charge in [-0.3, -0.25) is 39.2 Å². The van der Waals surface area contributed by atoms with Crippen LogP contribution in [0.2, 0.25) is 0 Å². The molecule has 0 radical (unpaired) electrons. The topological polar surface area (TPSA) is 143 Å². The van der Waals surface area contributed by atoms with E-state index in [0.29, 0.717) is 67.1 Å². The molecule has 3 N–H and O–H groups in total. The molecule has 0 aliphatic carbocycles. The first kappa shape index (κ1) is 32.6. The Hall–Kier alpha value is -6.12. The zero-order chi connectivity index (χ0) is 50.0. The van der Waals surface area contributed by atoms with Crippen molar-refractivity contribution in [1.82, 2.24) is 20.0 Å². The van der Waals surface area contributed by atoms with Crippen LogP contribution in [-0.4, -0.2) is 113 Å². The molecule has 14 heteroatoms. The molecule has 1 unspecified atom stereocenters. The number of imide groups is 2. The smallest absolute Gasteiger partial charge is 0.265 e. The highest BCUT2D eigenvalue weighted by Crippen LogP contribution is 2.38. The summed E-state index contributed by atoms with van der Waals surface area (Å²) in [6.07, 6.45) is 0.851. The number of carbonyl (C=O) groups excluding carboxylic acids is 4. The van der Waals surface area contributed by atoms with Gasteiger partial charge in [0.1, 0.15) is 41.4 Å². The second kappa shape index (κ2) is 17.8. The lowest BCUT2D eigenvalue weighted by Gasteiger charge is -2.39. The van der Waals surface area contributed by atoms with Crippen molar-refractivity contribution in [3.8, 4) is 17.2 Å².